The van der Waals surface area contributed by atoms with Crippen LogP contribution in [0.4, 0.5) is 17.1 Å². The Hall–Kier alpha value is -8.21. The first-order valence-corrected chi connectivity index (χ1v) is 25.7. The van der Waals surface area contributed by atoms with Crippen LogP contribution in [0.1, 0.15) is 22.3 Å². The molecular formula is C67H41NS2. The molecule has 1 atom stereocenters. The third-order valence-electron chi connectivity index (χ3n) is 15.1. The zero-order chi connectivity index (χ0) is 45.9. The van der Waals surface area contributed by atoms with Crippen LogP contribution in [-0.4, -0.2) is 0 Å². The summed E-state index contributed by atoms with van der Waals surface area (Å²) in [6, 6.07) is 93.4. The van der Waals surface area contributed by atoms with Crippen LogP contribution in [0.25, 0.3) is 85.9 Å². The van der Waals surface area contributed by atoms with Gasteiger partial charge in [-0.1, -0.05) is 200 Å². The molecule has 1 aliphatic carbocycles. The first-order valence-electron chi connectivity index (χ1n) is 24.1. The Kier molecular flexibility index (Phi) is 8.75. The van der Waals surface area contributed by atoms with E-state index in [1.807, 2.05) is 23.1 Å². The van der Waals surface area contributed by atoms with E-state index in [9.17, 15) is 0 Å². The summed E-state index contributed by atoms with van der Waals surface area (Å²) in [5.74, 6) is 0. The van der Waals surface area contributed by atoms with Crippen molar-refractivity contribution >= 4 is 92.7 Å². The second-order valence-electron chi connectivity index (χ2n) is 18.7. The lowest BCUT2D eigenvalue weighted by Gasteiger charge is -2.40. The van der Waals surface area contributed by atoms with E-state index < -0.39 is 5.41 Å². The van der Waals surface area contributed by atoms with Gasteiger partial charge >= 0.3 is 0 Å². The van der Waals surface area contributed by atoms with Gasteiger partial charge in [0.25, 0.3) is 0 Å². The van der Waals surface area contributed by atoms with Crippen molar-refractivity contribution in [2.24, 2.45) is 0 Å². The van der Waals surface area contributed by atoms with E-state index in [2.05, 4.69) is 254 Å². The number of hydrogen-bond donors (Lipinski definition) is 0. The largest absolute Gasteiger partial charge is 0.310 e. The highest BCUT2D eigenvalue weighted by molar-refractivity contribution is 7.99. The predicted molar refractivity (Wildman–Crippen MR) is 299 cm³/mol. The highest BCUT2D eigenvalue weighted by Gasteiger charge is 2.50. The van der Waals surface area contributed by atoms with Gasteiger partial charge in [-0.15, -0.1) is 11.3 Å². The number of fused-ring (bicyclic) bond motifs is 15. The lowest BCUT2D eigenvalue weighted by atomic mass is 9.67. The fourth-order valence-corrected chi connectivity index (χ4v) is 14.5. The zero-order valence-electron chi connectivity index (χ0n) is 37.9. The zero-order valence-corrected chi connectivity index (χ0v) is 39.6. The van der Waals surface area contributed by atoms with E-state index >= 15 is 0 Å². The van der Waals surface area contributed by atoms with E-state index in [-0.39, 0.29) is 0 Å². The minimum atomic E-state index is -0.553. The minimum Gasteiger partial charge on any atom is -0.310 e. The number of rotatable bonds is 5. The van der Waals surface area contributed by atoms with Gasteiger partial charge in [-0.05, 0) is 143 Å². The molecule has 1 nitrogen and oxygen atoms in total. The summed E-state index contributed by atoms with van der Waals surface area (Å²) in [6.45, 7) is 0. The summed E-state index contributed by atoms with van der Waals surface area (Å²) in [5.41, 5.74) is 15.6. The van der Waals surface area contributed by atoms with Crippen LogP contribution < -0.4 is 4.90 Å². The van der Waals surface area contributed by atoms with Gasteiger partial charge in [0.05, 0.1) is 11.1 Å². The smallest absolute Gasteiger partial charge is 0.0736 e. The standard InChI is InChI=1S/C67H41NS2/c1-2-16-45-38-48(29-28-42(45)14-1)43-30-32-49(33-31-43)68(61-37-36-56-54-22-8-11-26-62(54)70-66(56)65(61)55-23-13-19-44-15-5-6-20-51(44)55)50-34-35-53-52-21-7-9-24-57(52)67(59(53)41-50)58-25-10-12-27-63(58)69-64-40-47-18-4-3-17-46(47)39-60(64)67/h1-41H. The molecule has 13 aromatic rings. The molecule has 0 amide bonds. The molecule has 0 saturated carbocycles. The molecular weight excluding hydrogens is 883 g/mol. The van der Waals surface area contributed by atoms with Crippen molar-refractivity contribution < 1.29 is 0 Å². The Morgan fingerprint density at radius 1 is 0.329 bits per heavy atom. The third-order valence-corrected chi connectivity index (χ3v) is 17.4. The van der Waals surface area contributed by atoms with Gasteiger partial charge < -0.3 is 4.90 Å². The predicted octanol–water partition coefficient (Wildman–Crippen LogP) is 19.1. The topological polar surface area (TPSA) is 3.24 Å². The maximum Gasteiger partial charge on any atom is 0.0736 e. The first-order chi connectivity index (χ1) is 34.7. The molecule has 326 valence electrons. The molecule has 0 fully saturated rings. The van der Waals surface area contributed by atoms with Crippen LogP contribution in [0.5, 0.6) is 0 Å². The van der Waals surface area contributed by atoms with Crippen molar-refractivity contribution in [2.45, 2.75) is 15.2 Å². The van der Waals surface area contributed by atoms with Crippen LogP contribution >= 0.6 is 23.1 Å². The molecule has 1 spiro atoms. The second kappa shape index (κ2) is 15.4. The molecule has 2 heterocycles. The molecule has 1 unspecified atom stereocenters. The lowest BCUT2D eigenvalue weighted by molar-refractivity contribution is 0.724. The monoisotopic (exact) mass is 923 g/mol. The average Bonchev–Trinajstić information content (AvgIpc) is 3.94. The van der Waals surface area contributed by atoms with E-state index in [1.54, 1.807) is 0 Å². The van der Waals surface area contributed by atoms with Gasteiger partial charge in [0.15, 0.2) is 0 Å². The second-order valence-corrected chi connectivity index (χ2v) is 20.9. The molecule has 3 heteroatoms. The molecule has 70 heavy (non-hydrogen) atoms. The van der Waals surface area contributed by atoms with Crippen molar-refractivity contribution in [3.63, 3.8) is 0 Å². The first kappa shape index (κ1) is 39.8. The number of benzene rings is 12. The molecule has 0 saturated heterocycles. The lowest BCUT2D eigenvalue weighted by Crippen LogP contribution is -2.32. The summed E-state index contributed by atoms with van der Waals surface area (Å²) in [7, 11) is 0. The van der Waals surface area contributed by atoms with Crippen molar-refractivity contribution in [3.05, 3.63) is 271 Å². The Morgan fingerprint density at radius 2 is 0.957 bits per heavy atom. The SMILES string of the molecule is c1ccc2c(c1)Sc1cc3ccccc3cc1C21c2ccccc2-c2ccc(N(c3ccc(-c4ccc5ccccc5c4)cc3)c3ccc4c(sc5ccccc54)c3-c3cccc4ccccc34)cc21. The molecule has 0 radical (unpaired) electrons. The summed E-state index contributed by atoms with van der Waals surface area (Å²) in [5, 5.41) is 10.1. The number of nitrogens with zero attached hydrogens (tertiary/aromatic N) is 1. The molecule has 1 aromatic heterocycles. The Labute approximate surface area is 414 Å². The normalized spacial score (nSPS) is 14.6. The van der Waals surface area contributed by atoms with Crippen LogP contribution in [0.15, 0.2) is 259 Å². The maximum atomic E-state index is 2.55. The van der Waals surface area contributed by atoms with Gasteiger partial charge in [-0.2, -0.15) is 0 Å². The fraction of sp³-hybridized carbons (Fsp3) is 0.0149. The van der Waals surface area contributed by atoms with E-state index in [1.165, 1.54) is 118 Å². The van der Waals surface area contributed by atoms with Crippen LogP contribution in [-0.2, 0) is 5.41 Å². The summed E-state index contributed by atoms with van der Waals surface area (Å²) in [6.07, 6.45) is 0. The third kappa shape index (κ3) is 5.80. The van der Waals surface area contributed by atoms with Gasteiger partial charge in [0, 0.05) is 46.9 Å². The summed E-state index contributed by atoms with van der Waals surface area (Å²) in [4.78, 5) is 5.15. The molecule has 15 rings (SSSR count). The maximum absolute atomic E-state index is 2.55. The Bertz CT molecular complexity index is 4290. The van der Waals surface area contributed by atoms with E-state index in [0.717, 1.165) is 17.1 Å². The fourth-order valence-electron chi connectivity index (χ4n) is 12.0. The molecule has 12 aromatic carbocycles. The highest BCUT2D eigenvalue weighted by Crippen LogP contribution is 2.63. The molecule has 0 N–H and O–H groups in total. The van der Waals surface area contributed by atoms with Gasteiger partial charge in [0.2, 0.25) is 0 Å². The Morgan fingerprint density at radius 3 is 1.81 bits per heavy atom. The van der Waals surface area contributed by atoms with Crippen molar-refractivity contribution in [2.75, 3.05) is 4.90 Å². The quantitative estimate of drug-likeness (QED) is 0.169. The van der Waals surface area contributed by atoms with Crippen LogP contribution in [0, 0.1) is 0 Å². The van der Waals surface area contributed by atoms with E-state index in [0.29, 0.717) is 0 Å². The van der Waals surface area contributed by atoms with Crippen LogP contribution in [0.3, 0.4) is 0 Å². The number of anilines is 3. The average molecular weight is 924 g/mol. The number of hydrogen-bond acceptors (Lipinski definition) is 3. The highest BCUT2D eigenvalue weighted by atomic mass is 32.2. The van der Waals surface area contributed by atoms with E-state index in [4.69, 9.17) is 0 Å². The molecule has 0 bridgehead atoms. The summed E-state index contributed by atoms with van der Waals surface area (Å²) >= 11 is 3.81. The molecule has 2 aliphatic rings. The van der Waals surface area contributed by atoms with Gasteiger partial charge in [-0.25, -0.2) is 0 Å². The van der Waals surface area contributed by atoms with Crippen molar-refractivity contribution in [1.29, 1.82) is 0 Å². The van der Waals surface area contributed by atoms with Gasteiger partial charge in [0.1, 0.15) is 0 Å². The Balaban J connectivity index is 1.03. The molecule has 1 aliphatic heterocycles. The minimum absolute atomic E-state index is 0.553. The van der Waals surface area contributed by atoms with Crippen molar-refractivity contribution in [1.82, 2.24) is 0 Å². The summed E-state index contributed by atoms with van der Waals surface area (Å²) < 4.78 is 2.58. The van der Waals surface area contributed by atoms with Gasteiger partial charge in [-0.3, -0.25) is 0 Å². The number of thiophene rings is 1. The van der Waals surface area contributed by atoms with Crippen molar-refractivity contribution in [3.8, 4) is 33.4 Å². The van der Waals surface area contributed by atoms with Crippen LogP contribution in [0.2, 0.25) is 0 Å².